The lowest BCUT2D eigenvalue weighted by atomic mass is 9.79. The van der Waals surface area contributed by atoms with Gasteiger partial charge in [0.1, 0.15) is 22.9 Å². The first kappa shape index (κ1) is 26.8. The second kappa shape index (κ2) is 9.01. The summed E-state index contributed by atoms with van der Waals surface area (Å²) in [6.07, 6.45) is 1.76. The molecule has 35 heavy (non-hydrogen) atoms. The molecule has 2 aromatic rings. The molecule has 0 saturated carbocycles. The molecule has 1 aliphatic heterocycles. The van der Waals surface area contributed by atoms with Gasteiger partial charge in [0, 0.05) is 36.3 Å². The number of aromatic nitrogens is 2. The number of benzene rings is 1. The summed E-state index contributed by atoms with van der Waals surface area (Å²) in [5.74, 6) is -0.897. The number of nitrogens with one attached hydrogen (secondary N) is 1. The number of piperidine rings is 1. The van der Waals surface area contributed by atoms with Crippen molar-refractivity contribution in [1.29, 1.82) is 0 Å². The SMILES string of the molecule is COc1cc(OS(=O)(=O)C(F)(F)F)cc(O)c1-c1ccc(N(C)C2CC(C)(C)NC(C)(C)C2)nn1. The topological polar surface area (TPSA) is 114 Å². The number of nitrogens with zero attached hydrogens (tertiary/aromatic N) is 3. The molecule has 0 bridgehead atoms. The molecule has 0 aliphatic carbocycles. The Morgan fingerprint density at radius 1 is 1.11 bits per heavy atom. The van der Waals surface area contributed by atoms with E-state index in [-0.39, 0.29) is 34.1 Å². The van der Waals surface area contributed by atoms with E-state index in [0.717, 1.165) is 25.0 Å². The average Bonchev–Trinajstić information content (AvgIpc) is 2.69. The molecule has 0 unspecified atom stereocenters. The van der Waals surface area contributed by atoms with E-state index in [2.05, 4.69) is 47.4 Å². The van der Waals surface area contributed by atoms with Crippen LogP contribution in [0.5, 0.6) is 17.2 Å². The Kier molecular flexibility index (Phi) is 6.90. The molecule has 2 N–H and O–H groups in total. The molecule has 1 fully saturated rings. The summed E-state index contributed by atoms with van der Waals surface area (Å²) in [4.78, 5) is 2.04. The molecule has 2 heterocycles. The summed E-state index contributed by atoms with van der Waals surface area (Å²) < 4.78 is 69.7. The Hall–Kier alpha value is -2.80. The van der Waals surface area contributed by atoms with Crippen molar-refractivity contribution < 1.29 is 35.6 Å². The Morgan fingerprint density at radius 3 is 2.20 bits per heavy atom. The zero-order chi connectivity index (χ0) is 26.4. The molecule has 9 nitrogen and oxygen atoms in total. The van der Waals surface area contributed by atoms with E-state index in [1.54, 1.807) is 12.1 Å². The maximum Gasteiger partial charge on any atom is 0.534 e. The van der Waals surface area contributed by atoms with Crippen LogP contribution in [0, 0.1) is 0 Å². The minimum atomic E-state index is -5.92. The Balaban J connectivity index is 1.89. The van der Waals surface area contributed by atoms with Crippen LogP contribution in [-0.4, -0.2) is 60.5 Å². The van der Waals surface area contributed by atoms with E-state index >= 15 is 0 Å². The van der Waals surface area contributed by atoms with Crippen LogP contribution < -0.4 is 19.1 Å². The fraction of sp³-hybridized carbons (Fsp3) is 0.545. The molecule has 1 aromatic carbocycles. The third-order valence-electron chi connectivity index (χ3n) is 5.75. The predicted octanol–water partition coefficient (Wildman–Crippen LogP) is 3.83. The van der Waals surface area contributed by atoms with Gasteiger partial charge in [0.15, 0.2) is 5.82 Å². The highest BCUT2D eigenvalue weighted by molar-refractivity contribution is 7.88. The highest BCUT2D eigenvalue weighted by atomic mass is 32.2. The van der Waals surface area contributed by atoms with E-state index in [4.69, 9.17) is 4.74 Å². The van der Waals surface area contributed by atoms with Gasteiger partial charge in [0.2, 0.25) is 0 Å². The number of rotatable bonds is 6. The van der Waals surface area contributed by atoms with Gasteiger partial charge < -0.3 is 24.2 Å². The molecule has 0 spiro atoms. The van der Waals surface area contributed by atoms with Crippen LogP contribution in [0.2, 0.25) is 0 Å². The first-order valence-electron chi connectivity index (χ1n) is 10.7. The van der Waals surface area contributed by atoms with Gasteiger partial charge in [-0.2, -0.15) is 21.6 Å². The molecule has 3 rings (SSSR count). The molecular weight excluding hydrogens is 489 g/mol. The normalized spacial score (nSPS) is 18.2. The molecule has 0 amide bonds. The summed E-state index contributed by atoms with van der Waals surface area (Å²) in [5, 5.41) is 22.5. The maximum absolute atomic E-state index is 12.6. The summed E-state index contributed by atoms with van der Waals surface area (Å²) >= 11 is 0. The highest BCUT2D eigenvalue weighted by Gasteiger charge is 2.48. The van der Waals surface area contributed by atoms with Gasteiger partial charge in [-0.3, -0.25) is 0 Å². The molecule has 13 heteroatoms. The van der Waals surface area contributed by atoms with Crippen molar-refractivity contribution in [3.8, 4) is 28.5 Å². The number of phenolic OH excluding ortho intramolecular Hbond substituents is 1. The van der Waals surface area contributed by atoms with E-state index in [0.29, 0.717) is 5.82 Å². The zero-order valence-electron chi connectivity index (χ0n) is 20.3. The number of alkyl halides is 3. The van der Waals surface area contributed by atoms with Crippen LogP contribution >= 0.6 is 0 Å². The molecule has 194 valence electrons. The van der Waals surface area contributed by atoms with Crippen molar-refractivity contribution in [3.63, 3.8) is 0 Å². The van der Waals surface area contributed by atoms with Gasteiger partial charge in [-0.1, -0.05) is 0 Å². The molecule has 1 saturated heterocycles. The van der Waals surface area contributed by atoms with Crippen LogP contribution in [0.15, 0.2) is 24.3 Å². The van der Waals surface area contributed by atoms with Gasteiger partial charge in [-0.25, -0.2) is 0 Å². The van der Waals surface area contributed by atoms with Crippen LogP contribution in [0.25, 0.3) is 11.3 Å². The van der Waals surface area contributed by atoms with Gasteiger partial charge in [-0.15, -0.1) is 10.2 Å². The van der Waals surface area contributed by atoms with Crippen LogP contribution in [-0.2, 0) is 10.1 Å². The van der Waals surface area contributed by atoms with Crippen molar-refractivity contribution in [2.45, 2.75) is 63.2 Å². The summed E-state index contributed by atoms with van der Waals surface area (Å²) in [5.41, 5.74) is -5.57. The molecular formula is C22H29F3N4O5S. The number of hydrogen-bond donors (Lipinski definition) is 2. The number of aromatic hydroxyl groups is 1. The smallest absolute Gasteiger partial charge is 0.507 e. The average molecular weight is 519 g/mol. The van der Waals surface area contributed by atoms with Crippen LogP contribution in [0.4, 0.5) is 19.0 Å². The predicted molar refractivity (Wildman–Crippen MR) is 124 cm³/mol. The molecule has 1 aliphatic rings. The van der Waals surface area contributed by atoms with Gasteiger partial charge >= 0.3 is 15.6 Å². The quantitative estimate of drug-likeness (QED) is 0.435. The largest absolute Gasteiger partial charge is 0.534 e. The van der Waals surface area contributed by atoms with Gasteiger partial charge in [0.25, 0.3) is 0 Å². The van der Waals surface area contributed by atoms with Crippen LogP contribution in [0.3, 0.4) is 0 Å². The lowest BCUT2D eigenvalue weighted by Gasteiger charge is -2.49. The fourth-order valence-electron chi connectivity index (χ4n) is 4.59. The molecule has 1 aromatic heterocycles. The van der Waals surface area contributed by atoms with E-state index < -0.39 is 27.1 Å². The number of hydrogen-bond acceptors (Lipinski definition) is 9. The number of phenols is 1. The van der Waals surface area contributed by atoms with E-state index in [1.807, 2.05) is 11.9 Å². The van der Waals surface area contributed by atoms with Crippen molar-refractivity contribution in [2.24, 2.45) is 0 Å². The fourth-order valence-corrected chi connectivity index (χ4v) is 5.04. The van der Waals surface area contributed by atoms with E-state index in [1.165, 1.54) is 7.11 Å². The Morgan fingerprint density at radius 2 is 1.71 bits per heavy atom. The second-order valence-corrected chi connectivity index (χ2v) is 11.4. The number of halogens is 3. The Bertz CT molecular complexity index is 1170. The third kappa shape index (κ3) is 5.89. The lowest BCUT2D eigenvalue weighted by molar-refractivity contribution is -0.0500. The van der Waals surface area contributed by atoms with Crippen molar-refractivity contribution in [2.75, 3.05) is 19.1 Å². The summed E-state index contributed by atoms with van der Waals surface area (Å²) in [6.45, 7) is 8.58. The molecule has 0 atom stereocenters. The van der Waals surface area contributed by atoms with Crippen molar-refractivity contribution >= 4 is 15.9 Å². The minimum Gasteiger partial charge on any atom is -0.507 e. The molecule has 0 radical (unpaired) electrons. The highest BCUT2D eigenvalue weighted by Crippen LogP contribution is 2.42. The zero-order valence-corrected chi connectivity index (χ0v) is 21.1. The first-order valence-corrected chi connectivity index (χ1v) is 12.1. The first-order chi connectivity index (χ1) is 15.9. The number of ether oxygens (including phenoxy) is 1. The van der Waals surface area contributed by atoms with E-state index in [9.17, 15) is 26.7 Å². The van der Waals surface area contributed by atoms with Gasteiger partial charge in [-0.05, 0) is 52.7 Å². The minimum absolute atomic E-state index is 0.0232. The number of methoxy groups -OCH3 is 1. The summed E-state index contributed by atoms with van der Waals surface area (Å²) in [7, 11) is -2.78. The Labute approximate surface area is 202 Å². The maximum atomic E-state index is 12.6. The van der Waals surface area contributed by atoms with Crippen LogP contribution in [0.1, 0.15) is 40.5 Å². The monoisotopic (exact) mass is 518 g/mol. The second-order valence-electron chi connectivity index (χ2n) is 9.85. The van der Waals surface area contributed by atoms with Crippen molar-refractivity contribution in [1.82, 2.24) is 15.5 Å². The summed E-state index contributed by atoms with van der Waals surface area (Å²) in [6, 6.07) is 5.14. The third-order valence-corrected chi connectivity index (χ3v) is 6.73. The van der Waals surface area contributed by atoms with Gasteiger partial charge in [0.05, 0.1) is 12.7 Å². The van der Waals surface area contributed by atoms with Crippen molar-refractivity contribution in [3.05, 3.63) is 24.3 Å². The number of anilines is 1. The standard InChI is InChI=1S/C22H29F3N4O5S/c1-20(2)11-13(12-21(3,4)28-20)29(5)18-8-7-15(26-27-18)19-16(30)9-14(10-17(19)33-6)34-35(31,32)22(23,24)25/h7-10,13,28,30H,11-12H2,1-6H3. The lowest BCUT2D eigenvalue weighted by Crippen LogP contribution is -2.62.